The molecule has 0 spiro atoms. The maximum atomic E-state index is 12.0. The maximum Gasteiger partial charge on any atom is 0.303 e. The predicted octanol–water partition coefficient (Wildman–Crippen LogP) is 3.22. The third-order valence-corrected chi connectivity index (χ3v) is 5.32. The summed E-state index contributed by atoms with van der Waals surface area (Å²) in [5.74, 6) is -1.32. The van der Waals surface area contributed by atoms with Crippen molar-refractivity contribution < 1.29 is 19.8 Å². The molecule has 7 nitrogen and oxygen atoms in total. The molecule has 2 aromatic rings. The highest BCUT2D eigenvalue weighted by molar-refractivity contribution is 7.73. The molecule has 0 unspecified atom stereocenters. The number of carboxylic acids is 1. The molecular weight excluding hydrogens is 386 g/mol. The lowest BCUT2D eigenvalue weighted by atomic mass is 10.1. The normalized spacial score (nSPS) is 13.7. The molecule has 3 rings (SSSR count). The van der Waals surface area contributed by atoms with Crippen molar-refractivity contribution in [1.82, 2.24) is 9.88 Å². The van der Waals surface area contributed by atoms with Gasteiger partial charge in [-0.2, -0.15) is 0 Å². The summed E-state index contributed by atoms with van der Waals surface area (Å²) in [5.41, 5.74) is 2.70. The molecule has 0 atom stereocenters. The van der Waals surface area contributed by atoms with Crippen LogP contribution in [0.2, 0.25) is 0 Å². The predicted molar refractivity (Wildman–Crippen MR) is 107 cm³/mol. The molecule has 1 amide bonds. The van der Waals surface area contributed by atoms with Crippen LogP contribution in [0, 0.1) is 3.95 Å². The standard InChI is InChI=1S/C18H17N3O4S2/c22-15(19-7-3-6-16(23)24)10-21-17(25)14(27-18(21)26)8-11-9-20-13-5-2-1-4-12(11)13/h1-2,4-5,8-9,25H,3,6-7,10H2,(H,19,22)(H,23,24)/b11-8-. The fourth-order valence-corrected chi connectivity index (χ4v) is 3.87. The van der Waals surface area contributed by atoms with Gasteiger partial charge in [-0.1, -0.05) is 18.2 Å². The van der Waals surface area contributed by atoms with Crippen molar-refractivity contribution in [2.75, 3.05) is 6.54 Å². The van der Waals surface area contributed by atoms with E-state index < -0.39 is 5.97 Å². The van der Waals surface area contributed by atoms with Gasteiger partial charge in [-0.05, 0) is 30.8 Å². The number of carbonyl (C=O) groups is 2. The van der Waals surface area contributed by atoms with Crippen molar-refractivity contribution in [3.05, 3.63) is 38.7 Å². The molecule has 0 saturated carbocycles. The van der Waals surface area contributed by atoms with Crippen molar-refractivity contribution in [2.45, 2.75) is 19.4 Å². The van der Waals surface area contributed by atoms with E-state index in [2.05, 4.69) is 10.3 Å². The SMILES string of the molecule is O=C(O)CCCNC(=O)Cn1c(O)c(/C=C2/C=Nc3ccccc32)sc1=S. The highest BCUT2D eigenvalue weighted by atomic mass is 32.1. The van der Waals surface area contributed by atoms with Gasteiger partial charge in [0.05, 0.1) is 10.6 Å². The van der Waals surface area contributed by atoms with E-state index in [1.165, 1.54) is 15.9 Å². The van der Waals surface area contributed by atoms with Crippen molar-refractivity contribution in [2.24, 2.45) is 4.99 Å². The first-order valence-corrected chi connectivity index (χ1v) is 9.44. The zero-order chi connectivity index (χ0) is 19.4. The first-order valence-electron chi connectivity index (χ1n) is 8.22. The number of amides is 1. The van der Waals surface area contributed by atoms with Crippen molar-refractivity contribution in [1.29, 1.82) is 0 Å². The molecule has 1 aromatic heterocycles. The number of aromatic hydroxyl groups is 1. The second-order valence-corrected chi connectivity index (χ2v) is 7.54. The minimum Gasteiger partial charge on any atom is -0.493 e. The van der Waals surface area contributed by atoms with Gasteiger partial charge in [0.1, 0.15) is 6.54 Å². The minimum absolute atomic E-state index is 0.00976. The topological polar surface area (TPSA) is 104 Å². The smallest absolute Gasteiger partial charge is 0.303 e. The van der Waals surface area contributed by atoms with Crippen LogP contribution in [0.3, 0.4) is 0 Å². The summed E-state index contributed by atoms with van der Waals surface area (Å²) in [6.07, 6.45) is 3.86. The third kappa shape index (κ3) is 4.50. The highest BCUT2D eigenvalue weighted by Crippen LogP contribution is 2.35. The number of benzene rings is 1. The van der Waals surface area contributed by atoms with E-state index in [1.807, 2.05) is 24.3 Å². The Morgan fingerprint density at radius 1 is 1.33 bits per heavy atom. The summed E-state index contributed by atoms with van der Waals surface area (Å²) < 4.78 is 1.74. The van der Waals surface area contributed by atoms with Crippen LogP contribution in [0.4, 0.5) is 5.69 Å². The Bertz CT molecular complexity index is 1000. The Hall–Kier alpha value is -2.78. The second kappa shape index (κ2) is 8.28. The van der Waals surface area contributed by atoms with Crippen molar-refractivity contribution in [3.8, 4) is 5.88 Å². The van der Waals surface area contributed by atoms with Gasteiger partial charge in [-0.25, -0.2) is 0 Å². The van der Waals surface area contributed by atoms with Crippen LogP contribution in [-0.4, -0.2) is 39.4 Å². The number of aromatic nitrogens is 1. The molecule has 0 saturated heterocycles. The largest absolute Gasteiger partial charge is 0.493 e. The monoisotopic (exact) mass is 403 g/mol. The third-order valence-electron chi connectivity index (χ3n) is 3.93. The molecular formula is C18H17N3O4S2. The maximum absolute atomic E-state index is 12.0. The van der Waals surface area contributed by atoms with Gasteiger partial charge in [0.2, 0.25) is 11.8 Å². The van der Waals surface area contributed by atoms with E-state index in [9.17, 15) is 14.7 Å². The molecule has 140 valence electrons. The number of para-hydroxylation sites is 1. The number of carbonyl (C=O) groups excluding carboxylic acids is 1. The Morgan fingerprint density at radius 3 is 2.89 bits per heavy atom. The fourth-order valence-electron chi connectivity index (χ4n) is 2.61. The second-order valence-electron chi connectivity index (χ2n) is 5.86. The lowest BCUT2D eigenvalue weighted by Crippen LogP contribution is -2.28. The molecule has 0 bridgehead atoms. The van der Waals surface area contributed by atoms with Crippen molar-refractivity contribution >= 4 is 59.0 Å². The Labute approximate surface area is 164 Å². The summed E-state index contributed by atoms with van der Waals surface area (Å²) in [6.45, 7) is 0.135. The molecule has 3 N–H and O–H groups in total. The molecule has 1 aromatic carbocycles. The average molecular weight is 403 g/mol. The number of aliphatic imine (C=N–C) groups is 1. The van der Waals surface area contributed by atoms with Crippen LogP contribution < -0.4 is 5.32 Å². The van der Waals surface area contributed by atoms with E-state index in [0.717, 1.165) is 16.8 Å². The molecule has 27 heavy (non-hydrogen) atoms. The van der Waals surface area contributed by atoms with Crippen LogP contribution in [0.15, 0.2) is 29.3 Å². The lowest BCUT2D eigenvalue weighted by molar-refractivity contribution is -0.137. The van der Waals surface area contributed by atoms with Gasteiger partial charge >= 0.3 is 5.97 Å². The average Bonchev–Trinajstić information content (AvgIpc) is 3.15. The zero-order valence-electron chi connectivity index (χ0n) is 14.2. The van der Waals surface area contributed by atoms with E-state index in [0.29, 0.717) is 15.3 Å². The van der Waals surface area contributed by atoms with Gasteiger partial charge in [0.15, 0.2) is 3.95 Å². The van der Waals surface area contributed by atoms with Crippen LogP contribution in [0.5, 0.6) is 5.88 Å². The Kier molecular flexibility index (Phi) is 5.82. The van der Waals surface area contributed by atoms with Gasteiger partial charge in [0.25, 0.3) is 0 Å². The minimum atomic E-state index is -0.906. The molecule has 9 heteroatoms. The van der Waals surface area contributed by atoms with Gasteiger partial charge in [-0.15, -0.1) is 11.3 Å². The number of aliphatic carboxylic acids is 1. The number of hydrogen-bond donors (Lipinski definition) is 3. The number of allylic oxidation sites excluding steroid dienone is 1. The fraction of sp³-hybridized carbons (Fsp3) is 0.222. The van der Waals surface area contributed by atoms with Crippen molar-refractivity contribution in [3.63, 3.8) is 0 Å². The number of nitrogens with one attached hydrogen (secondary N) is 1. The molecule has 2 heterocycles. The number of carboxylic acid groups (broad SMARTS) is 1. The summed E-state index contributed by atoms with van der Waals surface area (Å²) in [5, 5.41) is 21.7. The van der Waals surface area contributed by atoms with Crippen LogP contribution >= 0.6 is 23.6 Å². The van der Waals surface area contributed by atoms with Gasteiger partial charge in [0, 0.05) is 30.3 Å². The first-order chi connectivity index (χ1) is 13.0. The quantitative estimate of drug-likeness (QED) is 0.486. The lowest BCUT2D eigenvalue weighted by Gasteiger charge is -2.06. The van der Waals surface area contributed by atoms with E-state index in [-0.39, 0.29) is 31.3 Å². The molecule has 0 radical (unpaired) electrons. The number of nitrogens with zero attached hydrogens (tertiary/aromatic N) is 2. The Balaban J connectivity index is 1.72. The van der Waals surface area contributed by atoms with E-state index in [4.69, 9.17) is 17.3 Å². The molecule has 0 aliphatic carbocycles. The number of fused-ring (bicyclic) bond motifs is 1. The van der Waals surface area contributed by atoms with E-state index in [1.54, 1.807) is 12.3 Å². The van der Waals surface area contributed by atoms with Crippen LogP contribution in [0.1, 0.15) is 23.3 Å². The molecule has 0 fully saturated rings. The highest BCUT2D eigenvalue weighted by Gasteiger charge is 2.16. The molecule has 1 aliphatic rings. The summed E-state index contributed by atoms with van der Waals surface area (Å²) in [7, 11) is 0. The summed E-state index contributed by atoms with van der Waals surface area (Å²) >= 11 is 6.48. The van der Waals surface area contributed by atoms with E-state index >= 15 is 0 Å². The summed E-state index contributed by atoms with van der Waals surface area (Å²) in [6, 6.07) is 7.69. The number of rotatable bonds is 7. The first kappa shape index (κ1) is 19.0. The Morgan fingerprint density at radius 2 is 2.11 bits per heavy atom. The van der Waals surface area contributed by atoms with Gasteiger partial charge in [-0.3, -0.25) is 19.1 Å². The van der Waals surface area contributed by atoms with Gasteiger partial charge < -0.3 is 15.5 Å². The zero-order valence-corrected chi connectivity index (χ0v) is 15.8. The summed E-state index contributed by atoms with van der Waals surface area (Å²) in [4.78, 5) is 27.4. The number of hydrogen-bond acceptors (Lipinski definition) is 6. The number of thiazole rings is 1. The van der Waals surface area contributed by atoms with Crippen LogP contribution in [-0.2, 0) is 16.1 Å². The molecule has 1 aliphatic heterocycles. The van der Waals surface area contributed by atoms with Crippen LogP contribution in [0.25, 0.3) is 11.6 Å².